The van der Waals surface area contributed by atoms with Crippen molar-refractivity contribution in [3.05, 3.63) is 23.8 Å². The lowest BCUT2D eigenvalue weighted by molar-refractivity contribution is -0.0333. The standard InChI is InChI=1S/C10H9F3O2S/c1-6(16-10(11,12)13)7-2-3-8-9(4-7)15-5-14-8/h2-4,6H,5H2,1H3/t6-/m1/s1. The summed E-state index contributed by atoms with van der Waals surface area (Å²) in [6, 6.07) is 4.84. The van der Waals surface area contributed by atoms with E-state index in [4.69, 9.17) is 9.47 Å². The van der Waals surface area contributed by atoms with Crippen LogP contribution in [0.5, 0.6) is 11.5 Å². The molecule has 1 atom stereocenters. The molecule has 6 heteroatoms. The fourth-order valence-corrected chi connectivity index (χ4v) is 2.12. The first-order valence-electron chi connectivity index (χ1n) is 4.60. The highest BCUT2D eigenvalue weighted by molar-refractivity contribution is 8.00. The molecule has 0 radical (unpaired) electrons. The summed E-state index contributed by atoms with van der Waals surface area (Å²) < 4.78 is 46.7. The summed E-state index contributed by atoms with van der Waals surface area (Å²) in [7, 11) is 0. The van der Waals surface area contributed by atoms with Crippen molar-refractivity contribution in [2.75, 3.05) is 6.79 Å². The maximum atomic E-state index is 12.2. The zero-order valence-electron chi connectivity index (χ0n) is 8.38. The number of rotatable bonds is 2. The Kier molecular flexibility index (Phi) is 2.92. The molecule has 0 N–H and O–H groups in total. The second kappa shape index (κ2) is 4.08. The molecule has 1 aliphatic rings. The molecular weight excluding hydrogens is 241 g/mol. The van der Waals surface area contributed by atoms with E-state index in [1.54, 1.807) is 18.2 Å². The summed E-state index contributed by atoms with van der Waals surface area (Å²) in [5.41, 5.74) is -3.65. The van der Waals surface area contributed by atoms with Crippen molar-refractivity contribution in [2.45, 2.75) is 17.7 Å². The number of alkyl halides is 3. The summed E-state index contributed by atoms with van der Waals surface area (Å²) >= 11 is -0.0411. The minimum Gasteiger partial charge on any atom is -0.454 e. The molecule has 1 aliphatic heterocycles. The largest absolute Gasteiger partial charge is 0.454 e. The zero-order chi connectivity index (χ0) is 11.8. The number of halogens is 3. The van der Waals surface area contributed by atoms with Crippen molar-refractivity contribution in [1.29, 1.82) is 0 Å². The van der Waals surface area contributed by atoms with Gasteiger partial charge < -0.3 is 9.47 Å². The van der Waals surface area contributed by atoms with E-state index in [0.29, 0.717) is 17.1 Å². The summed E-state index contributed by atoms with van der Waals surface area (Å²) in [6.45, 7) is 1.63. The second-order valence-electron chi connectivity index (χ2n) is 3.32. The van der Waals surface area contributed by atoms with Gasteiger partial charge >= 0.3 is 5.51 Å². The molecule has 0 saturated carbocycles. The van der Waals surface area contributed by atoms with Crippen molar-refractivity contribution in [3.8, 4) is 11.5 Å². The van der Waals surface area contributed by atoms with Crippen molar-refractivity contribution < 1.29 is 22.6 Å². The first-order valence-corrected chi connectivity index (χ1v) is 5.48. The van der Waals surface area contributed by atoms with Gasteiger partial charge in [0.15, 0.2) is 11.5 Å². The van der Waals surface area contributed by atoms with Gasteiger partial charge in [0, 0.05) is 5.25 Å². The minimum atomic E-state index is -4.23. The quantitative estimate of drug-likeness (QED) is 0.796. The minimum absolute atomic E-state index is 0.0411. The van der Waals surface area contributed by atoms with Crippen LogP contribution in [0.25, 0.3) is 0 Å². The predicted octanol–water partition coefficient (Wildman–Crippen LogP) is 3.73. The van der Waals surface area contributed by atoms with Crippen LogP contribution in [-0.4, -0.2) is 12.3 Å². The fraction of sp³-hybridized carbons (Fsp3) is 0.400. The van der Waals surface area contributed by atoms with Crippen LogP contribution in [0, 0.1) is 0 Å². The number of thioether (sulfide) groups is 1. The van der Waals surface area contributed by atoms with Crippen LogP contribution in [0.2, 0.25) is 0 Å². The average Bonchev–Trinajstić information content (AvgIpc) is 2.61. The third-order valence-corrected chi connectivity index (χ3v) is 3.07. The Morgan fingerprint density at radius 2 is 1.94 bits per heavy atom. The average molecular weight is 250 g/mol. The van der Waals surface area contributed by atoms with Crippen LogP contribution in [-0.2, 0) is 0 Å². The van der Waals surface area contributed by atoms with Gasteiger partial charge in [-0.2, -0.15) is 13.2 Å². The summed E-state index contributed by atoms with van der Waals surface area (Å²) in [5, 5.41) is -0.658. The lowest BCUT2D eigenvalue weighted by Crippen LogP contribution is -2.03. The van der Waals surface area contributed by atoms with E-state index in [0.717, 1.165) is 0 Å². The zero-order valence-corrected chi connectivity index (χ0v) is 9.19. The van der Waals surface area contributed by atoms with Gasteiger partial charge in [0.1, 0.15) is 0 Å². The molecule has 1 heterocycles. The molecule has 0 aromatic heterocycles. The smallest absolute Gasteiger partial charge is 0.442 e. The molecule has 1 aromatic carbocycles. The molecule has 88 valence electrons. The van der Waals surface area contributed by atoms with E-state index in [9.17, 15) is 13.2 Å². The molecule has 0 fully saturated rings. The van der Waals surface area contributed by atoms with Gasteiger partial charge in [0.05, 0.1) is 0 Å². The third-order valence-electron chi connectivity index (χ3n) is 2.18. The number of ether oxygens (including phenoxy) is 2. The van der Waals surface area contributed by atoms with E-state index in [-0.39, 0.29) is 18.6 Å². The summed E-state index contributed by atoms with van der Waals surface area (Å²) in [6.07, 6.45) is 0. The molecule has 2 rings (SSSR count). The van der Waals surface area contributed by atoms with Gasteiger partial charge in [-0.25, -0.2) is 0 Å². The van der Waals surface area contributed by atoms with Crippen LogP contribution in [0.1, 0.15) is 17.7 Å². The second-order valence-corrected chi connectivity index (χ2v) is 4.72. The van der Waals surface area contributed by atoms with Gasteiger partial charge in [0.2, 0.25) is 6.79 Å². The van der Waals surface area contributed by atoms with Crippen LogP contribution in [0.4, 0.5) is 13.2 Å². The van der Waals surface area contributed by atoms with Gasteiger partial charge in [-0.1, -0.05) is 6.07 Å². The molecule has 0 unspecified atom stereocenters. The summed E-state index contributed by atoms with van der Waals surface area (Å²) in [5.74, 6) is 1.08. The number of fused-ring (bicyclic) bond motifs is 1. The van der Waals surface area contributed by atoms with Crippen molar-refractivity contribution in [3.63, 3.8) is 0 Å². The molecule has 0 saturated heterocycles. The van der Waals surface area contributed by atoms with Gasteiger partial charge in [-0.15, -0.1) is 0 Å². The van der Waals surface area contributed by atoms with Gasteiger partial charge in [-0.05, 0) is 36.4 Å². The molecule has 0 amide bonds. The molecular formula is C10H9F3O2S. The molecule has 1 aromatic rings. The lowest BCUT2D eigenvalue weighted by Gasteiger charge is -2.13. The Bertz CT molecular complexity index is 392. The number of hydrogen-bond acceptors (Lipinski definition) is 3. The highest BCUT2D eigenvalue weighted by Gasteiger charge is 2.32. The monoisotopic (exact) mass is 250 g/mol. The number of benzene rings is 1. The maximum absolute atomic E-state index is 12.2. The number of hydrogen-bond donors (Lipinski definition) is 0. The lowest BCUT2D eigenvalue weighted by atomic mass is 10.1. The normalized spacial score (nSPS) is 16.2. The molecule has 0 aliphatic carbocycles. The Balaban J connectivity index is 2.15. The van der Waals surface area contributed by atoms with Crippen LogP contribution in [0.15, 0.2) is 18.2 Å². The van der Waals surface area contributed by atoms with E-state index in [1.807, 2.05) is 0 Å². The highest BCUT2D eigenvalue weighted by atomic mass is 32.2. The Morgan fingerprint density at radius 3 is 2.62 bits per heavy atom. The van der Waals surface area contributed by atoms with Crippen LogP contribution < -0.4 is 9.47 Å². The van der Waals surface area contributed by atoms with Gasteiger partial charge in [-0.3, -0.25) is 0 Å². The van der Waals surface area contributed by atoms with Crippen molar-refractivity contribution >= 4 is 11.8 Å². The first-order chi connectivity index (χ1) is 7.46. The predicted molar refractivity (Wildman–Crippen MR) is 54.6 cm³/mol. The van der Waals surface area contributed by atoms with Gasteiger partial charge in [0.25, 0.3) is 0 Å². The Hall–Kier alpha value is -1.04. The molecule has 0 bridgehead atoms. The first kappa shape index (κ1) is 11.4. The van der Waals surface area contributed by atoms with E-state index in [1.165, 1.54) is 6.92 Å². The van der Waals surface area contributed by atoms with Crippen LogP contribution >= 0.6 is 11.8 Å². The maximum Gasteiger partial charge on any atom is 0.442 e. The Morgan fingerprint density at radius 1 is 1.25 bits per heavy atom. The van der Waals surface area contributed by atoms with E-state index < -0.39 is 10.8 Å². The third kappa shape index (κ3) is 2.55. The SMILES string of the molecule is C[C@@H](SC(F)(F)F)c1ccc2c(c1)OCO2. The summed E-state index contributed by atoms with van der Waals surface area (Å²) in [4.78, 5) is 0. The fourth-order valence-electron chi connectivity index (χ4n) is 1.43. The molecule has 2 nitrogen and oxygen atoms in total. The van der Waals surface area contributed by atoms with Crippen molar-refractivity contribution in [2.24, 2.45) is 0 Å². The molecule has 16 heavy (non-hydrogen) atoms. The van der Waals surface area contributed by atoms with E-state index in [2.05, 4.69) is 0 Å². The van der Waals surface area contributed by atoms with Crippen molar-refractivity contribution in [1.82, 2.24) is 0 Å². The highest BCUT2D eigenvalue weighted by Crippen LogP contribution is 2.44. The Labute approximate surface area is 94.7 Å². The molecule has 0 spiro atoms. The topological polar surface area (TPSA) is 18.5 Å². The van der Waals surface area contributed by atoms with E-state index >= 15 is 0 Å². The van der Waals surface area contributed by atoms with Crippen LogP contribution in [0.3, 0.4) is 0 Å².